The first kappa shape index (κ1) is 10.1. The van der Waals surface area contributed by atoms with Crippen LogP contribution in [0.2, 0.25) is 0 Å². The molecule has 60 valence electrons. The van der Waals surface area contributed by atoms with Crippen molar-refractivity contribution in [1.29, 1.82) is 10.5 Å². The summed E-state index contributed by atoms with van der Waals surface area (Å²) in [7, 11) is 0. The summed E-state index contributed by atoms with van der Waals surface area (Å²) in [6.45, 7) is 3.49. The molecule has 3 nitrogen and oxygen atoms in total. The molecule has 0 aliphatic carbocycles. The lowest BCUT2D eigenvalue weighted by Gasteiger charge is -1.86. The van der Waals surface area contributed by atoms with Gasteiger partial charge in [-0.3, -0.25) is 0 Å². The Hall–Kier alpha value is -1.87. The average molecular weight is 159 g/mol. The third-order valence-corrected chi connectivity index (χ3v) is 1.07. The SMILES string of the molecule is C\C=C/C(C#N)=N\C(C#N)=C/C. The van der Waals surface area contributed by atoms with Crippen LogP contribution in [0.15, 0.2) is 28.9 Å². The van der Waals surface area contributed by atoms with Gasteiger partial charge in [-0.25, -0.2) is 4.99 Å². The third-order valence-electron chi connectivity index (χ3n) is 1.07. The van der Waals surface area contributed by atoms with Gasteiger partial charge >= 0.3 is 0 Å². The second kappa shape index (κ2) is 5.88. The number of aliphatic imine (C=N–C) groups is 1. The number of rotatable bonds is 2. The Morgan fingerprint density at radius 2 is 1.92 bits per heavy atom. The molecule has 0 N–H and O–H groups in total. The number of allylic oxidation sites excluding steroid dienone is 4. The van der Waals surface area contributed by atoms with Crippen LogP contribution in [0, 0.1) is 22.7 Å². The highest BCUT2D eigenvalue weighted by Crippen LogP contribution is 1.95. The predicted molar refractivity (Wildman–Crippen MR) is 47.2 cm³/mol. The summed E-state index contributed by atoms with van der Waals surface area (Å²) in [5.41, 5.74) is 0.497. The molecule has 0 radical (unpaired) electrons. The molecular weight excluding hydrogens is 150 g/mol. The minimum absolute atomic E-state index is 0.243. The standard InChI is InChI=1S/C9H9N3/c1-3-5-9(7-11)12-8(4-2)6-10/h3-5H,1-2H3/b5-3-,8-4-,12-9+. The van der Waals surface area contributed by atoms with E-state index in [9.17, 15) is 0 Å². The van der Waals surface area contributed by atoms with Crippen LogP contribution in [-0.2, 0) is 0 Å². The fourth-order valence-corrected chi connectivity index (χ4v) is 0.541. The van der Waals surface area contributed by atoms with Crippen LogP contribution in [0.1, 0.15) is 13.8 Å². The van der Waals surface area contributed by atoms with Crippen LogP contribution in [-0.4, -0.2) is 5.71 Å². The highest BCUT2D eigenvalue weighted by molar-refractivity contribution is 6.07. The van der Waals surface area contributed by atoms with E-state index in [1.54, 1.807) is 32.1 Å². The summed E-state index contributed by atoms with van der Waals surface area (Å²) in [6.07, 6.45) is 4.81. The third kappa shape index (κ3) is 3.34. The van der Waals surface area contributed by atoms with Crippen molar-refractivity contribution in [3.8, 4) is 12.1 Å². The van der Waals surface area contributed by atoms with Crippen LogP contribution in [0.5, 0.6) is 0 Å². The number of nitriles is 2. The van der Waals surface area contributed by atoms with E-state index in [0.717, 1.165) is 0 Å². The van der Waals surface area contributed by atoms with Gasteiger partial charge in [0.2, 0.25) is 0 Å². The molecule has 0 aromatic rings. The Bertz CT molecular complexity index is 308. The van der Waals surface area contributed by atoms with Crippen molar-refractivity contribution in [3.63, 3.8) is 0 Å². The van der Waals surface area contributed by atoms with Crippen molar-refractivity contribution in [3.05, 3.63) is 23.9 Å². The molecule has 0 bridgehead atoms. The lowest BCUT2D eigenvalue weighted by molar-refractivity contribution is 1.36. The first-order valence-electron chi connectivity index (χ1n) is 3.46. The summed E-state index contributed by atoms with van der Waals surface area (Å²) in [5, 5.41) is 17.0. The Kier molecular flexibility index (Phi) is 4.96. The normalized spacial score (nSPS) is 12.7. The van der Waals surface area contributed by atoms with Crippen LogP contribution in [0.4, 0.5) is 0 Å². The summed E-state index contributed by atoms with van der Waals surface area (Å²) < 4.78 is 0. The maximum Gasteiger partial charge on any atom is 0.141 e. The van der Waals surface area contributed by atoms with Gasteiger partial charge < -0.3 is 0 Å². The largest absolute Gasteiger partial charge is 0.227 e. The van der Waals surface area contributed by atoms with Gasteiger partial charge in [-0.2, -0.15) is 10.5 Å². The van der Waals surface area contributed by atoms with Crippen molar-refractivity contribution < 1.29 is 0 Å². The van der Waals surface area contributed by atoms with Gasteiger partial charge in [-0.1, -0.05) is 12.2 Å². The molecule has 0 saturated carbocycles. The van der Waals surface area contributed by atoms with Crippen LogP contribution in [0.3, 0.4) is 0 Å². The van der Waals surface area contributed by atoms with Crippen LogP contribution in [0.25, 0.3) is 0 Å². The molecule has 0 rings (SSSR count). The molecule has 0 saturated heterocycles. The van der Waals surface area contributed by atoms with Gasteiger partial charge in [-0.15, -0.1) is 0 Å². The molecule has 0 heterocycles. The molecule has 0 spiro atoms. The van der Waals surface area contributed by atoms with Crippen molar-refractivity contribution >= 4 is 5.71 Å². The van der Waals surface area contributed by atoms with E-state index >= 15 is 0 Å². The van der Waals surface area contributed by atoms with Crippen molar-refractivity contribution in [2.45, 2.75) is 13.8 Å². The van der Waals surface area contributed by atoms with E-state index in [4.69, 9.17) is 10.5 Å². The predicted octanol–water partition coefficient (Wildman–Crippen LogP) is 1.95. The molecule has 0 aromatic heterocycles. The lowest BCUT2D eigenvalue weighted by Crippen LogP contribution is -1.88. The van der Waals surface area contributed by atoms with Crippen molar-refractivity contribution in [2.75, 3.05) is 0 Å². The highest BCUT2D eigenvalue weighted by atomic mass is 14.8. The van der Waals surface area contributed by atoms with E-state index in [1.165, 1.54) is 0 Å². The maximum absolute atomic E-state index is 8.53. The monoisotopic (exact) mass is 159 g/mol. The number of nitrogens with zero attached hydrogens (tertiary/aromatic N) is 3. The second-order valence-electron chi connectivity index (χ2n) is 1.89. The van der Waals surface area contributed by atoms with E-state index in [1.807, 2.05) is 12.1 Å². The summed E-state index contributed by atoms with van der Waals surface area (Å²) in [5.74, 6) is 0. The zero-order chi connectivity index (χ0) is 9.40. The first-order chi connectivity index (χ1) is 5.78. The minimum atomic E-state index is 0.243. The van der Waals surface area contributed by atoms with Gasteiger partial charge in [0.15, 0.2) is 0 Å². The van der Waals surface area contributed by atoms with E-state index < -0.39 is 0 Å². The molecule has 0 aliphatic rings. The zero-order valence-electron chi connectivity index (χ0n) is 7.07. The molecule has 0 atom stereocenters. The topological polar surface area (TPSA) is 59.9 Å². The van der Waals surface area contributed by atoms with Gasteiger partial charge in [0.25, 0.3) is 0 Å². The number of hydrogen-bond acceptors (Lipinski definition) is 3. The molecule has 0 amide bonds. The van der Waals surface area contributed by atoms with Crippen molar-refractivity contribution in [2.24, 2.45) is 4.99 Å². The molecule has 3 heteroatoms. The molecule has 12 heavy (non-hydrogen) atoms. The summed E-state index contributed by atoms with van der Waals surface area (Å²) >= 11 is 0. The van der Waals surface area contributed by atoms with E-state index in [0.29, 0.717) is 0 Å². The van der Waals surface area contributed by atoms with Crippen LogP contribution < -0.4 is 0 Å². The van der Waals surface area contributed by atoms with Gasteiger partial charge in [0, 0.05) is 0 Å². The minimum Gasteiger partial charge on any atom is -0.227 e. The smallest absolute Gasteiger partial charge is 0.141 e. The Labute approximate surface area is 72.0 Å². The first-order valence-corrected chi connectivity index (χ1v) is 3.46. The quantitative estimate of drug-likeness (QED) is 0.456. The highest BCUT2D eigenvalue weighted by Gasteiger charge is 1.92. The molecule has 0 fully saturated rings. The fraction of sp³-hybridized carbons (Fsp3) is 0.222. The van der Waals surface area contributed by atoms with Crippen molar-refractivity contribution in [1.82, 2.24) is 0 Å². The van der Waals surface area contributed by atoms with Gasteiger partial charge in [0.1, 0.15) is 23.5 Å². The Balaban J connectivity index is 4.76. The van der Waals surface area contributed by atoms with Crippen LogP contribution >= 0.6 is 0 Å². The molecule has 0 aliphatic heterocycles. The molecule has 0 aromatic carbocycles. The van der Waals surface area contributed by atoms with Gasteiger partial charge in [-0.05, 0) is 19.9 Å². The Morgan fingerprint density at radius 3 is 2.25 bits per heavy atom. The van der Waals surface area contributed by atoms with E-state index in [2.05, 4.69) is 4.99 Å². The zero-order valence-corrected chi connectivity index (χ0v) is 7.07. The van der Waals surface area contributed by atoms with Gasteiger partial charge in [0.05, 0.1) is 0 Å². The Morgan fingerprint density at radius 1 is 1.25 bits per heavy atom. The number of hydrogen-bond donors (Lipinski definition) is 0. The molecule has 0 unspecified atom stereocenters. The van der Waals surface area contributed by atoms with E-state index in [-0.39, 0.29) is 11.4 Å². The summed E-state index contributed by atoms with van der Waals surface area (Å²) in [4.78, 5) is 3.79. The average Bonchev–Trinajstić information content (AvgIpc) is 2.12. The maximum atomic E-state index is 8.53. The second-order valence-corrected chi connectivity index (χ2v) is 1.89. The molecular formula is C9H9N3. The summed E-state index contributed by atoms with van der Waals surface area (Å²) in [6, 6.07) is 3.74. The fourth-order valence-electron chi connectivity index (χ4n) is 0.541. The lowest BCUT2D eigenvalue weighted by atomic mass is 10.3.